The highest BCUT2D eigenvalue weighted by atomic mass is 16.3. The molecule has 78 valence electrons. The predicted octanol–water partition coefficient (Wildman–Crippen LogP) is 1.93. The molecule has 2 nitrogen and oxygen atoms in total. The Bertz CT molecular complexity index is 167. The molecule has 1 aliphatic rings. The van der Waals surface area contributed by atoms with E-state index in [-0.39, 0.29) is 6.04 Å². The Labute approximate surface area is 81.7 Å². The number of hydrogen-bond donors (Lipinski definition) is 2. The van der Waals surface area contributed by atoms with E-state index in [0.717, 1.165) is 6.54 Å². The predicted molar refractivity (Wildman–Crippen MR) is 55.7 cm³/mol. The zero-order chi connectivity index (χ0) is 10.1. The normalized spacial score (nSPS) is 22.8. The Hall–Kier alpha value is -0.0800. The van der Waals surface area contributed by atoms with Crippen molar-refractivity contribution in [1.29, 1.82) is 0 Å². The quantitative estimate of drug-likeness (QED) is 0.686. The first kappa shape index (κ1) is 11.0. The van der Waals surface area contributed by atoms with Crippen LogP contribution in [-0.2, 0) is 0 Å². The number of rotatable bonds is 5. The molecule has 2 N–H and O–H groups in total. The first-order valence-electron chi connectivity index (χ1n) is 5.35. The fourth-order valence-electron chi connectivity index (χ4n) is 1.45. The van der Waals surface area contributed by atoms with Gasteiger partial charge in [-0.3, -0.25) is 0 Å². The van der Waals surface area contributed by atoms with Crippen molar-refractivity contribution in [1.82, 2.24) is 5.32 Å². The molecule has 1 unspecified atom stereocenters. The summed E-state index contributed by atoms with van der Waals surface area (Å²) in [6.45, 7) is 9.08. The molecule has 0 saturated heterocycles. The molecule has 0 aliphatic heterocycles. The molecule has 1 fully saturated rings. The molecule has 2 heteroatoms. The van der Waals surface area contributed by atoms with E-state index in [2.05, 4.69) is 12.2 Å². The summed E-state index contributed by atoms with van der Waals surface area (Å²) in [6.07, 6.45) is 3.97. The van der Waals surface area contributed by atoms with Crippen molar-refractivity contribution in [3.63, 3.8) is 0 Å². The molecule has 1 aliphatic carbocycles. The number of hydrogen-bond acceptors (Lipinski definition) is 2. The zero-order valence-electron chi connectivity index (χ0n) is 9.35. The molecular formula is C11H23NO. The maximum Gasteiger partial charge on any atom is 0.0741 e. The van der Waals surface area contributed by atoms with E-state index in [4.69, 9.17) is 0 Å². The van der Waals surface area contributed by atoms with Gasteiger partial charge in [0.05, 0.1) is 5.60 Å². The molecule has 0 amide bonds. The minimum absolute atomic E-state index is 0.177. The van der Waals surface area contributed by atoms with Crippen molar-refractivity contribution in [2.45, 2.75) is 58.6 Å². The van der Waals surface area contributed by atoms with Gasteiger partial charge in [-0.1, -0.05) is 6.92 Å². The molecule has 0 spiro atoms. The van der Waals surface area contributed by atoms with Crippen molar-refractivity contribution in [3.8, 4) is 0 Å². The summed E-state index contributed by atoms with van der Waals surface area (Å²) in [4.78, 5) is 0. The molecule has 0 bridgehead atoms. The second-order valence-corrected chi connectivity index (χ2v) is 5.11. The summed E-state index contributed by atoms with van der Waals surface area (Å²) in [6, 6.07) is 0.177. The summed E-state index contributed by atoms with van der Waals surface area (Å²) >= 11 is 0. The molecule has 0 aromatic heterocycles. The first-order valence-corrected chi connectivity index (χ1v) is 5.35. The Balaban J connectivity index is 2.26. The van der Waals surface area contributed by atoms with E-state index >= 15 is 0 Å². The van der Waals surface area contributed by atoms with Gasteiger partial charge in [0.1, 0.15) is 0 Å². The van der Waals surface area contributed by atoms with Crippen molar-refractivity contribution >= 4 is 0 Å². The topological polar surface area (TPSA) is 32.3 Å². The maximum absolute atomic E-state index is 9.71. The summed E-state index contributed by atoms with van der Waals surface area (Å²) in [5, 5.41) is 13.1. The lowest BCUT2D eigenvalue weighted by atomic mass is 9.98. The molecule has 1 rings (SSSR count). The monoisotopic (exact) mass is 185 g/mol. The fraction of sp³-hybridized carbons (Fsp3) is 1.00. The van der Waals surface area contributed by atoms with Gasteiger partial charge in [-0.05, 0) is 45.4 Å². The highest BCUT2D eigenvalue weighted by molar-refractivity contribution is 4.95. The van der Waals surface area contributed by atoms with Crippen molar-refractivity contribution in [2.24, 2.45) is 5.41 Å². The molecule has 0 heterocycles. The summed E-state index contributed by atoms with van der Waals surface area (Å²) < 4.78 is 0. The van der Waals surface area contributed by atoms with Gasteiger partial charge in [0, 0.05) is 12.6 Å². The minimum atomic E-state index is -0.607. The SMILES string of the molecule is CCC1(CNC(C)C(C)(C)O)CC1. The Morgan fingerprint density at radius 2 is 2.00 bits per heavy atom. The highest BCUT2D eigenvalue weighted by Crippen LogP contribution is 2.47. The van der Waals surface area contributed by atoms with Crippen LogP contribution in [0.2, 0.25) is 0 Å². The highest BCUT2D eigenvalue weighted by Gasteiger charge is 2.40. The third-order valence-electron chi connectivity index (χ3n) is 3.55. The van der Waals surface area contributed by atoms with E-state index in [1.165, 1.54) is 19.3 Å². The van der Waals surface area contributed by atoms with E-state index in [0.29, 0.717) is 5.41 Å². The first-order chi connectivity index (χ1) is 5.90. The van der Waals surface area contributed by atoms with E-state index in [1.54, 1.807) is 0 Å². The average Bonchev–Trinajstić information content (AvgIpc) is 2.79. The molecule has 1 atom stereocenters. The lowest BCUT2D eigenvalue weighted by Crippen LogP contribution is -2.46. The van der Waals surface area contributed by atoms with Gasteiger partial charge in [0.2, 0.25) is 0 Å². The van der Waals surface area contributed by atoms with Crippen LogP contribution in [0.25, 0.3) is 0 Å². The summed E-state index contributed by atoms with van der Waals surface area (Å²) in [7, 11) is 0. The van der Waals surface area contributed by atoms with Crippen LogP contribution >= 0.6 is 0 Å². The van der Waals surface area contributed by atoms with Gasteiger partial charge in [-0.2, -0.15) is 0 Å². The lowest BCUT2D eigenvalue weighted by Gasteiger charge is -2.28. The van der Waals surface area contributed by atoms with Crippen LogP contribution in [-0.4, -0.2) is 23.3 Å². The molecule has 0 aromatic rings. The number of nitrogens with one attached hydrogen (secondary N) is 1. The largest absolute Gasteiger partial charge is 0.389 e. The third kappa shape index (κ3) is 2.96. The third-order valence-corrected chi connectivity index (χ3v) is 3.55. The second kappa shape index (κ2) is 3.58. The molecule has 13 heavy (non-hydrogen) atoms. The van der Waals surface area contributed by atoms with Gasteiger partial charge in [0.25, 0.3) is 0 Å². The summed E-state index contributed by atoms with van der Waals surface area (Å²) in [5.74, 6) is 0. The summed E-state index contributed by atoms with van der Waals surface area (Å²) in [5.41, 5.74) is -0.0384. The van der Waals surface area contributed by atoms with E-state index < -0.39 is 5.60 Å². The van der Waals surface area contributed by atoms with E-state index in [9.17, 15) is 5.11 Å². The van der Waals surface area contributed by atoms with Crippen molar-refractivity contribution in [3.05, 3.63) is 0 Å². The van der Waals surface area contributed by atoms with Crippen molar-refractivity contribution < 1.29 is 5.11 Å². The maximum atomic E-state index is 9.71. The van der Waals surface area contributed by atoms with Gasteiger partial charge in [-0.15, -0.1) is 0 Å². The van der Waals surface area contributed by atoms with Crippen molar-refractivity contribution in [2.75, 3.05) is 6.54 Å². The van der Waals surface area contributed by atoms with Gasteiger partial charge >= 0.3 is 0 Å². The van der Waals surface area contributed by atoms with Crippen LogP contribution in [0.5, 0.6) is 0 Å². The Morgan fingerprint density at radius 3 is 2.31 bits per heavy atom. The van der Waals surface area contributed by atoms with Gasteiger partial charge in [-0.25, -0.2) is 0 Å². The van der Waals surface area contributed by atoms with Gasteiger partial charge < -0.3 is 10.4 Å². The Kier molecular flexibility index (Phi) is 3.03. The second-order valence-electron chi connectivity index (χ2n) is 5.11. The molecule has 1 saturated carbocycles. The van der Waals surface area contributed by atoms with Crippen LogP contribution in [0.3, 0.4) is 0 Å². The van der Waals surface area contributed by atoms with Crippen LogP contribution in [0.4, 0.5) is 0 Å². The minimum Gasteiger partial charge on any atom is -0.389 e. The molecular weight excluding hydrogens is 162 g/mol. The van der Waals surface area contributed by atoms with Crippen LogP contribution in [0.1, 0.15) is 47.0 Å². The number of aliphatic hydroxyl groups is 1. The molecule has 0 aromatic carbocycles. The fourth-order valence-corrected chi connectivity index (χ4v) is 1.45. The Morgan fingerprint density at radius 1 is 1.46 bits per heavy atom. The zero-order valence-corrected chi connectivity index (χ0v) is 9.35. The lowest BCUT2D eigenvalue weighted by molar-refractivity contribution is 0.0423. The smallest absolute Gasteiger partial charge is 0.0741 e. The van der Waals surface area contributed by atoms with Crippen LogP contribution in [0.15, 0.2) is 0 Å². The molecule has 0 radical (unpaired) electrons. The van der Waals surface area contributed by atoms with Crippen LogP contribution in [0, 0.1) is 5.41 Å². The van der Waals surface area contributed by atoms with Gasteiger partial charge in [0.15, 0.2) is 0 Å². The standard InChI is InChI=1S/C11H23NO/c1-5-11(6-7-11)8-12-9(2)10(3,4)13/h9,12-13H,5-8H2,1-4H3. The van der Waals surface area contributed by atoms with E-state index in [1.807, 2.05) is 20.8 Å². The average molecular weight is 185 g/mol. The van der Waals surface area contributed by atoms with Crippen LogP contribution < -0.4 is 5.32 Å².